The van der Waals surface area contributed by atoms with Gasteiger partial charge in [0.05, 0.1) is 5.52 Å². The zero-order chi connectivity index (χ0) is 19.1. The van der Waals surface area contributed by atoms with Crippen LogP contribution in [0.5, 0.6) is 5.88 Å². The predicted octanol–water partition coefficient (Wildman–Crippen LogP) is 5.29. The Balaban J connectivity index is 1.52. The van der Waals surface area contributed by atoms with Crippen molar-refractivity contribution in [1.82, 2.24) is 9.55 Å². The van der Waals surface area contributed by atoms with E-state index in [0.29, 0.717) is 5.39 Å². The first kappa shape index (κ1) is 16.3. The molecule has 3 aromatic carbocycles. The predicted molar refractivity (Wildman–Crippen MR) is 109 cm³/mol. The van der Waals surface area contributed by atoms with Gasteiger partial charge in [-0.3, -0.25) is 4.79 Å². The number of aromatic nitrogens is 2. The smallest absolute Gasteiger partial charge is 0.284 e. The highest BCUT2D eigenvalue weighted by Crippen LogP contribution is 2.35. The van der Waals surface area contributed by atoms with Crippen LogP contribution in [-0.4, -0.2) is 20.6 Å². The maximum Gasteiger partial charge on any atom is 0.284 e. The van der Waals surface area contributed by atoms with Gasteiger partial charge in [-0.05, 0) is 18.2 Å². The molecule has 136 valence electrons. The molecule has 28 heavy (non-hydrogen) atoms. The number of hydrogen-bond donors (Lipinski definition) is 2. The summed E-state index contributed by atoms with van der Waals surface area (Å²) in [5.74, 6) is -0.495. The quantitative estimate of drug-likeness (QED) is 0.424. The van der Waals surface area contributed by atoms with Crippen LogP contribution in [-0.2, 0) is 11.3 Å². The van der Waals surface area contributed by atoms with Crippen LogP contribution in [0.25, 0.3) is 32.7 Å². The Morgan fingerprint density at radius 1 is 0.857 bits per heavy atom. The Labute approximate surface area is 159 Å². The molecule has 0 saturated carbocycles. The highest BCUT2D eigenvalue weighted by Gasteiger charge is 2.13. The number of nitrogens with zero attached hydrogens (tertiary/aromatic N) is 3. The van der Waals surface area contributed by atoms with E-state index < -0.39 is 5.91 Å². The van der Waals surface area contributed by atoms with E-state index in [2.05, 4.69) is 15.2 Å². The van der Waals surface area contributed by atoms with Crippen LogP contribution in [0, 0.1) is 0 Å². The third kappa shape index (κ3) is 2.54. The first-order valence-corrected chi connectivity index (χ1v) is 8.92. The maximum atomic E-state index is 12.6. The number of aromatic amines is 1. The highest BCUT2D eigenvalue weighted by molar-refractivity contribution is 6.08. The van der Waals surface area contributed by atoms with Crippen molar-refractivity contribution in [2.24, 2.45) is 10.2 Å². The van der Waals surface area contributed by atoms with Gasteiger partial charge in [0, 0.05) is 27.2 Å². The number of amides is 1. The fraction of sp³-hybridized carbons (Fsp3) is 0.0455. The van der Waals surface area contributed by atoms with E-state index in [1.54, 1.807) is 0 Å². The molecule has 6 nitrogen and oxygen atoms in total. The molecule has 0 spiro atoms. The number of fused-ring (bicyclic) bond motifs is 4. The lowest BCUT2D eigenvalue weighted by molar-refractivity contribution is -0.118. The molecular weight excluding hydrogens is 352 g/mol. The number of nitrogens with one attached hydrogen (secondary N) is 1. The minimum atomic E-state index is -0.392. The molecule has 0 atom stereocenters. The van der Waals surface area contributed by atoms with Crippen molar-refractivity contribution in [3.63, 3.8) is 0 Å². The van der Waals surface area contributed by atoms with Crippen LogP contribution in [0.1, 0.15) is 0 Å². The number of para-hydroxylation sites is 3. The van der Waals surface area contributed by atoms with E-state index >= 15 is 0 Å². The second-order valence-corrected chi connectivity index (χ2v) is 6.58. The van der Waals surface area contributed by atoms with Crippen molar-refractivity contribution in [3.8, 4) is 5.88 Å². The molecule has 0 aliphatic heterocycles. The number of benzene rings is 3. The number of carbonyl (C=O) groups is 1. The lowest BCUT2D eigenvalue weighted by Gasteiger charge is -2.03. The Morgan fingerprint density at radius 2 is 1.43 bits per heavy atom. The molecule has 0 aliphatic carbocycles. The summed E-state index contributed by atoms with van der Waals surface area (Å²) < 4.78 is 1.95. The number of hydrogen-bond acceptors (Lipinski definition) is 3. The fourth-order valence-corrected chi connectivity index (χ4v) is 3.66. The van der Waals surface area contributed by atoms with Crippen molar-refractivity contribution in [2.75, 3.05) is 0 Å². The zero-order valence-electron chi connectivity index (χ0n) is 14.8. The van der Waals surface area contributed by atoms with E-state index in [1.807, 2.05) is 77.4 Å². The van der Waals surface area contributed by atoms with E-state index in [0.717, 1.165) is 27.3 Å². The monoisotopic (exact) mass is 368 g/mol. The van der Waals surface area contributed by atoms with E-state index in [4.69, 9.17) is 0 Å². The Hall–Kier alpha value is -3.93. The summed E-state index contributed by atoms with van der Waals surface area (Å²) in [7, 11) is 0. The Kier molecular flexibility index (Phi) is 3.69. The Morgan fingerprint density at radius 3 is 2.11 bits per heavy atom. The van der Waals surface area contributed by atoms with Gasteiger partial charge in [-0.2, -0.15) is 0 Å². The molecule has 6 heteroatoms. The summed E-state index contributed by atoms with van der Waals surface area (Å²) in [4.78, 5) is 15.4. The summed E-state index contributed by atoms with van der Waals surface area (Å²) in [5.41, 5.74) is 2.96. The number of H-pyrrole nitrogens is 1. The maximum absolute atomic E-state index is 12.6. The van der Waals surface area contributed by atoms with E-state index in [9.17, 15) is 9.90 Å². The molecular formula is C22H16N4O2. The van der Waals surface area contributed by atoms with E-state index in [-0.39, 0.29) is 18.1 Å². The van der Waals surface area contributed by atoms with Crippen LogP contribution >= 0.6 is 0 Å². The standard InChI is InChI=1S/C22H16N4O2/c27-20(24-25-21-16-9-1-4-10-17(16)23-22(21)28)13-26-18-11-5-2-7-14(18)15-8-3-6-12-19(15)26/h1-12,23,28H,13H2. The van der Waals surface area contributed by atoms with Crippen molar-refractivity contribution >= 4 is 44.3 Å². The number of aromatic hydroxyl groups is 1. The molecule has 0 radical (unpaired) electrons. The van der Waals surface area contributed by atoms with Crippen LogP contribution in [0.15, 0.2) is 83.0 Å². The molecule has 2 aromatic heterocycles. The number of rotatable bonds is 3. The second-order valence-electron chi connectivity index (χ2n) is 6.58. The highest BCUT2D eigenvalue weighted by atomic mass is 16.3. The molecule has 0 aliphatic rings. The third-order valence-electron chi connectivity index (χ3n) is 4.89. The summed E-state index contributed by atoms with van der Waals surface area (Å²) in [6, 6.07) is 23.3. The fourth-order valence-electron chi connectivity index (χ4n) is 3.66. The molecule has 0 bridgehead atoms. The van der Waals surface area contributed by atoms with Gasteiger partial charge in [-0.25, -0.2) is 0 Å². The number of azo groups is 1. The molecule has 5 rings (SSSR count). The first-order chi connectivity index (χ1) is 13.7. The average molecular weight is 368 g/mol. The third-order valence-corrected chi connectivity index (χ3v) is 4.89. The second kappa shape index (κ2) is 6.35. The van der Waals surface area contributed by atoms with Gasteiger partial charge in [0.1, 0.15) is 6.54 Å². The minimum absolute atomic E-state index is 0.0701. The molecule has 0 unspecified atom stereocenters. The van der Waals surface area contributed by atoms with Gasteiger partial charge >= 0.3 is 0 Å². The van der Waals surface area contributed by atoms with Gasteiger partial charge < -0.3 is 14.7 Å². The zero-order valence-corrected chi connectivity index (χ0v) is 14.8. The molecule has 2 heterocycles. The van der Waals surface area contributed by atoms with Gasteiger partial charge in [0.2, 0.25) is 5.88 Å². The molecule has 1 amide bonds. The minimum Gasteiger partial charge on any atom is -0.493 e. The molecule has 0 saturated heterocycles. The van der Waals surface area contributed by atoms with Crippen LogP contribution < -0.4 is 0 Å². The molecule has 5 aromatic rings. The molecule has 0 fully saturated rings. The van der Waals surface area contributed by atoms with E-state index in [1.165, 1.54) is 0 Å². The number of carbonyl (C=O) groups excluding carboxylic acids is 1. The van der Waals surface area contributed by atoms with Gasteiger partial charge in [-0.1, -0.05) is 54.6 Å². The van der Waals surface area contributed by atoms with Crippen LogP contribution in [0.4, 0.5) is 5.69 Å². The van der Waals surface area contributed by atoms with Gasteiger partial charge in [0.25, 0.3) is 5.91 Å². The van der Waals surface area contributed by atoms with Crippen molar-refractivity contribution in [3.05, 3.63) is 72.8 Å². The summed E-state index contributed by atoms with van der Waals surface area (Å²) in [6.45, 7) is 0.0701. The summed E-state index contributed by atoms with van der Waals surface area (Å²) >= 11 is 0. The lowest BCUT2D eigenvalue weighted by Crippen LogP contribution is -2.06. The van der Waals surface area contributed by atoms with Gasteiger partial charge in [-0.15, -0.1) is 10.2 Å². The van der Waals surface area contributed by atoms with Crippen LogP contribution in [0.2, 0.25) is 0 Å². The van der Waals surface area contributed by atoms with Crippen molar-refractivity contribution < 1.29 is 9.90 Å². The largest absolute Gasteiger partial charge is 0.493 e. The topological polar surface area (TPSA) is 82.7 Å². The lowest BCUT2D eigenvalue weighted by atomic mass is 10.2. The Bertz CT molecular complexity index is 1320. The average Bonchev–Trinajstić information content (AvgIpc) is 3.21. The first-order valence-electron chi connectivity index (χ1n) is 8.92. The van der Waals surface area contributed by atoms with Crippen molar-refractivity contribution in [2.45, 2.75) is 6.54 Å². The van der Waals surface area contributed by atoms with Crippen LogP contribution in [0.3, 0.4) is 0 Å². The summed E-state index contributed by atoms with van der Waals surface area (Å²) in [6.07, 6.45) is 0. The van der Waals surface area contributed by atoms with Gasteiger partial charge in [0.15, 0.2) is 5.69 Å². The SMILES string of the molecule is O=C(Cn1c2ccccc2c2ccccc21)N=Nc1c(O)[nH]c2ccccc12. The summed E-state index contributed by atoms with van der Waals surface area (Å²) in [5, 5.41) is 20.8. The molecule has 2 N–H and O–H groups in total. The normalized spacial score (nSPS) is 11.9. The van der Waals surface area contributed by atoms with Crippen molar-refractivity contribution in [1.29, 1.82) is 0 Å².